The number of anilines is 1. The monoisotopic (exact) mass is 310 g/mol. The highest BCUT2D eigenvalue weighted by atomic mass is 16.6. The summed E-state index contributed by atoms with van der Waals surface area (Å²) in [6.45, 7) is 5.31. The Kier molecular flexibility index (Phi) is 5.76. The van der Waals surface area contributed by atoms with Gasteiger partial charge in [0.05, 0.1) is 12.1 Å². The van der Waals surface area contributed by atoms with Crippen LogP contribution in [0.25, 0.3) is 0 Å². The number of phenolic OH excluding ortho intramolecular Hbond substituents is 1. The summed E-state index contributed by atoms with van der Waals surface area (Å²) in [5, 5.41) is 21.1. The van der Waals surface area contributed by atoms with E-state index in [2.05, 4.69) is 5.32 Å². The number of aromatic hydroxyl groups is 1. The van der Waals surface area contributed by atoms with E-state index in [9.17, 15) is 14.7 Å². The van der Waals surface area contributed by atoms with Crippen LogP contribution in [0.1, 0.15) is 38.7 Å². The molecular formula is C15H22N2O5. The van der Waals surface area contributed by atoms with Gasteiger partial charge in [-0.1, -0.05) is 6.07 Å². The van der Waals surface area contributed by atoms with Crippen molar-refractivity contribution in [1.29, 1.82) is 0 Å². The summed E-state index contributed by atoms with van der Waals surface area (Å²) in [7, 11) is 0. The van der Waals surface area contributed by atoms with Crippen LogP contribution in [0.4, 0.5) is 10.5 Å². The molecule has 0 aromatic heterocycles. The molecule has 122 valence electrons. The van der Waals surface area contributed by atoms with Gasteiger partial charge in [-0.3, -0.25) is 10.1 Å². The molecule has 1 amide bonds. The summed E-state index contributed by atoms with van der Waals surface area (Å²) in [5.41, 5.74) is 5.69. The predicted molar refractivity (Wildman–Crippen MR) is 82.0 cm³/mol. The van der Waals surface area contributed by atoms with Crippen LogP contribution in [-0.2, 0) is 9.53 Å². The molecule has 0 fully saturated rings. The average molecular weight is 310 g/mol. The fraction of sp³-hybridized carbons (Fsp3) is 0.467. The van der Waals surface area contributed by atoms with Gasteiger partial charge in [0.2, 0.25) is 0 Å². The van der Waals surface area contributed by atoms with Crippen LogP contribution in [0.2, 0.25) is 0 Å². The van der Waals surface area contributed by atoms with Gasteiger partial charge < -0.3 is 20.7 Å². The maximum Gasteiger partial charge on any atom is 0.412 e. The van der Waals surface area contributed by atoms with E-state index < -0.39 is 23.6 Å². The Morgan fingerprint density at radius 1 is 1.36 bits per heavy atom. The Bertz CT molecular complexity index is 551. The predicted octanol–water partition coefficient (Wildman–Crippen LogP) is 2.26. The molecule has 0 heterocycles. The first-order valence-corrected chi connectivity index (χ1v) is 6.87. The Morgan fingerprint density at radius 2 is 2.00 bits per heavy atom. The third-order valence-corrected chi connectivity index (χ3v) is 2.83. The zero-order valence-corrected chi connectivity index (χ0v) is 12.9. The van der Waals surface area contributed by atoms with Gasteiger partial charge in [0.25, 0.3) is 0 Å². The molecule has 22 heavy (non-hydrogen) atoms. The van der Waals surface area contributed by atoms with Crippen LogP contribution < -0.4 is 11.1 Å². The number of carboxylic acid groups (broad SMARTS) is 1. The number of aliphatic carboxylic acids is 1. The molecule has 7 nitrogen and oxygen atoms in total. The summed E-state index contributed by atoms with van der Waals surface area (Å²) in [6, 6.07) is 4.46. The fourth-order valence-corrected chi connectivity index (χ4v) is 1.87. The zero-order valence-electron chi connectivity index (χ0n) is 12.9. The highest BCUT2D eigenvalue weighted by Gasteiger charge is 2.19. The van der Waals surface area contributed by atoms with E-state index in [1.54, 1.807) is 26.8 Å². The highest BCUT2D eigenvalue weighted by Crippen LogP contribution is 2.29. The molecule has 1 rings (SSSR count). The second-order valence-electron chi connectivity index (χ2n) is 5.93. The van der Waals surface area contributed by atoms with E-state index in [0.29, 0.717) is 5.56 Å². The summed E-state index contributed by atoms with van der Waals surface area (Å²) >= 11 is 0. The Morgan fingerprint density at radius 3 is 2.50 bits per heavy atom. The minimum Gasteiger partial charge on any atom is -0.506 e. The van der Waals surface area contributed by atoms with E-state index in [4.69, 9.17) is 15.6 Å². The fourth-order valence-electron chi connectivity index (χ4n) is 1.87. The SMILES string of the molecule is CC(C)(C)OC(=O)Nc1cc(C(CN)CC(=O)O)ccc1O. The van der Waals surface area contributed by atoms with Crippen molar-refractivity contribution in [3.63, 3.8) is 0 Å². The quantitative estimate of drug-likeness (QED) is 0.619. The number of rotatable bonds is 5. The van der Waals surface area contributed by atoms with Crippen LogP contribution in [-0.4, -0.2) is 34.4 Å². The molecule has 7 heteroatoms. The summed E-state index contributed by atoms with van der Waals surface area (Å²) in [5.74, 6) is -1.51. The van der Waals surface area contributed by atoms with Gasteiger partial charge in [-0.15, -0.1) is 0 Å². The number of carboxylic acids is 1. The van der Waals surface area contributed by atoms with E-state index >= 15 is 0 Å². The third-order valence-electron chi connectivity index (χ3n) is 2.83. The average Bonchev–Trinajstić information content (AvgIpc) is 2.36. The van der Waals surface area contributed by atoms with Crippen molar-refractivity contribution in [1.82, 2.24) is 0 Å². The number of amides is 1. The summed E-state index contributed by atoms with van der Waals surface area (Å²) in [4.78, 5) is 22.6. The number of phenols is 1. The number of carbonyl (C=O) groups excluding carboxylic acids is 1. The first-order chi connectivity index (χ1) is 10.1. The molecule has 0 spiro atoms. The number of carbonyl (C=O) groups is 2. The second-order valence-corrected chi connectivity index (χ2v) is 5.93. The third kappa shape index (κ3) is 5.61. The normalized spacial score (nSPS) is 12.5. The van der Waals surface area contributed by atoms with Crippen molar-refractivity contribution in [3.05, 3.63) is 23.8 Å². The summed E-state index contributed by atoms with van der Waals surface area (Å²) in [6.07, 6.45) is -0.838. The number of nitrogens with two attached hydrogens (primary N) is 1. The molecule has 0 radical (unpaired) electrons. The lowest BCUT2D eigenvalue weighted by Gasteiger charge is -2.20. The standard InChI is InChI=1S/C15H22N2O5/c1-15(2,3)22-14(21)17-11-6-9(4-5-12(11)18)10(8-16)7-13(19)20/h4-6,10,18H,7-8,16H2,1-3H3,(H,17,21)(H,19,20). The van der Waals surface area contributed by atoms with Crippen LogP contribution in [0.15, 0.2) is 18.2 Å². The second kappa shape index (κ2) is 7.13. The molecule has 0 aliphatic carbocycles. The van der Waals surface area contributed by atoms with E-state index in [1.807, 2.05) is 0 Å². The first kappa shape index (κ1) is 17.8. The van der Waals surface area contributed by atoms with E-state index in [0.717, 1.165) is 0 Å². The largest absolute Gasteiger partial charge is 0.506 e. The van der Waals surface area contributed by atoms with E-state index in [1.165, 1.54) is 12.1 Å². The lowest BCUT2D eigenvalue weighted by atomic mass is 9.95. The van der Waals surface area contributed by atoms with Crippen molar-refractivity contribution in [2.45, 2.75) is 38.7 Å². The minimum absolute atomic E-state index is 0.132. The maximum atomic E-state index is 11.7. The number of hydrogen-bond acceptors (Lipinski definition) is 5. The molecule has 0 aliphatic heterocycles. The molecule has 0 aliphatic rings. The number of benzene rings is 1. The van der Waals surface area contributed by atoms with Gasteiger partial charge in [0.15, 0.2) is 0 Å². The van der Waals surface area contributed by atoms with Gasteiger partial charge in [-0.2, -0.15) is 0 Å². The van der Waals surface area contributed by atoms with Crippen molar-refractivity contribution in [2.24, 2.45) is 5.73 Å². The Hall–Kier alpha value is -2.28. The van der Waals surface area contributed by atoms with Gasteiger partial charge in [-0.05, 0) is 45.0 Å². The van der Waals surface area contributed by atoms with Crippen molar-refractivity contribution >= 4 is 17.7 Å². The van der Waals surface area contributed by atoms with Crippen LogP contribution >= 0.6 is 0 Å². The lowest BCUT2D eigenvalue weighted by molar-refractivity contribution is -0.137. The molecule has 0 bridgehead atoms. The van der Waals surface area contributed by atoms with Gasteiger partial charge in [0.1, 0.15) is 11.4 Å². The number of nitrogens with one attached hydrogen (secondary N) is 1. The number of ether oxygens (including phenoxy) is 1. The molecule has 0 saturated carbocycles. The molecule has 1 atom stereocenters. The smallest absolute Gasteiger partial charge is 0.412 e. The minimum atomic E-state index is -0.967. The lowest BCUT2D eigenvalue weighted by Crippen LogP contribution is -2.27. The van der Waals surface area contributed by atoms with Gasteiger partial charge in [0, 0.05) is 5.92 Å². The Balaban J connectivity index is 2.94. The molecule has 1 aromatic rings. The molecule has 5 N–H and O–H groups in total. The molecule has 1 unspecified atom stereocenters. The van der Waals surface area contributed by atoms with Crippen molar-refractivity contribution < 1.29 is 24.5 Å². The highest BCUT2D eigenvalue weighted by molar-refractivity contribution is 5.87. The van der Waals surface area contributed by atoms with Gasteiger partial charge >= 0.3 is 12.1 Å². The Labute approximate surface area is 129 Å². The van der Waals surface area contributed by atoms with Gasteiger partial charge in [-0.25, -0.2) is 4.79 Å². The topological polar surface area (TPSA) is 122 Å². The maximum absolute atomic E-state index is 11.7. The van der Waals surface area contributed by atoms with Crippen molar-refractivity contribution in [3.8, 4) is 5.75 Å². The van der Waals surface area contributed by atoms with Crippen LogP contribution in [0.3, 0.4) is 0 Å². The van der Waals surface area contributed by atoms with Crippen LogP contribution in [0.5, 0.6) is 5.75 Å². The molecular weight excluding hydrogens is 288 g/mol. The molecule has 1 aromatic carbocycles. The summed E-state index contributed by atoms with van der Waals surface area (Å²) < 4.78 is 5.11. The molecule has 0 saturated heterocycles. The zero-order chi connectivity index (χ0) is 16.9. The number of hydrogen-bond donors (Lipinski definition) is 4. The van der Waals surface area contributed by atoms with Crippen molar-refractivity contribution in [2.75, 3.05) is 11.9 Å². The first-order valence-electron chi connectivity index (χ1n) is 6.87. The van der Waals surface area contributed by atoms with Crippen LogP contribution in [0, 0.1) is 0 Å². The van der Waals surface area contributed by atoms with E-state index in [-0.39, 0.29) is 24.4 Å².